The molecule has 0 aliphatic carbocycles. The van der Waals surface area contributed by atoms with Crippen molar-refractivity contribution in [1.82, 2.24) is 4.98 Å². The van der Waals surface area contributed by atoms with Gasteiger partial charge in [0.15, 0.2) is 10.9 Å². The molecule has 0 bridgehead atoms. The molecule has 6 nitrogen and oxygen atoms in total. The average molecular weight is 453 g/mol. The summed E-state index contributed by atoms with van der Waals surface area (Å²) in [6.45, 7) is 0.174. The largest absolute Gasteiger partial charge is 0.573 e. The Labute approximate surface area is 178 Å². The van der Waals surface area contributed by atoms with Gasteiger partial charge in [-0.3, -0.25) is 4.79 Å². The van der Waals surface area contributed by atoms with Crippen LogP contribution in [0.1, 0.15) is 15.2 Å². The van der Waals surface area contributed by atoms with Gasteiger partial charge in [0.1, 0.15) is 19.0 Å². The topological polar surface area (TPSA) is 63.7 Å². The van der Waals surface area contributed by atoms with E-state index >= 15 is 0 Å². The summed E-state index contributed by atoms with van der Waals surface area (Å²) in [4.78, 5) is 19.4. The Morgan fingerprint density at radius 2 is 2.00 bits per heavy atom. The highest BCUT2D eigenvalue weighted by molar-refractivity contribution is 7.15. The third kappa shape index (κ3) is 4.71. The van der Waals surface area contributed by atoms with Crippen LogP contribution in [0.25, 0.3) is 0 Å². The number of nitrogens with zero attached hydrogens (tertiary/aromatic N) is 2. The monoisotopic (exact) mass is 453 g/mol. The van der Waals surface area contributed by atoms with Gasteiger partial charge in [-0.05, 0) is 36.4 Å². The summed E-state index contributed by atoms with van der Waals surface area (Å²) in [5.41, 5.74) is 1.16. The highest BCUT2D eigenvalue weighted by Gasteiger charge is 2.31. The number of amides is 1. The van der Waals surface area contributed by atoms with Crippen LogP contribution in [0, 0.1) is 0 Å². The van der Waals surface area contributed by atoms with E-state index < -0.39 is 24.7 Å². The zero-order valence-corrected chi connectivity index (χ0v) is 16.6. The van der Waals surface area contributed by atoms with Crippen molar-refractivity contribution in [3.63, 3.8) is 0 Å². The number of ether oxygens (including phenoxy) is 2. The number of anilines is 3. The summed E-state index contributed by atoms with van der Waals surface area (Å²) >= 11 is 1.22. The highest BCUT2D eigenvalue weighted by atomic mass is 32.1. The Morgan fingerprint density at radius 3 is 2.68 bits per heavy atom. The van der Waals surface area contributed by atoms with E-state index in [-0.39, 0.29) is 11.3 Å². The Kier molecular flexibility index (Phi) is 5.68. The minimum absolute atomic E-state index is 0.250. The number of halogens is 4. The molecule has 1 aliphatic heterocycles. The van der Waals surface area contributed by atoms with Crippen molar-refractivity contribution in [3.05, 3.63) is 59.1 Å². The minimum Gasteiger partial charge on any atom is -0.489 e. The van der Waals surface area contributed by atoms with E-state index in [1.807, 2.05) is 4.90 Å². The molecular formula is C20H15F4N3O3S. The van der Waals surface area contributed by atoms with E-state index in [1.165, 1.54) is 29.7 Å². The second-order valence-electron chi connectivity index (χ2n) is 6.42. The number of aromatic nitrogens is 1. The van der Waals surface area contributed by atoms with E-state index in [1.54, 1.807) is 18.2 Å². The molecule has 1 amide bonds. The van der Waals surface area contributed by atoms with Gasteiger partial charge >= 0.3 is 6.36 Å². The molecule has 3 aromatic rings. The fourth-order valence-corrected chi connectivity index (χ4v) is 3.85. The van der Waals surface area contributed by atoms with Gasteiger partial charge in [-0.1, -0.05) is 17.4 Å². The van der Waals surface area contributed by atoms with Crippen molar-refractivity contribution >= 4 is 33.8 Å². The Morgan fingerprint density at radius 1 is 1.23 bits per heavy atom. The minimum atomic E-state index is -4.79. The molecule has 162 valence electrons. The Bertz CT molecular complexity index is 1090. The van der Waals surface area contributed by atoms with Crippen LogP contribution in [0.2, 0.25) is 0 Å². The molecule has 1 aliphatic rings. The maximum absolute atomic E-state index is 12.9. The van der Waals surface area contributed by atoms with E-state index in [0.29, 0.717) is 34.6 Å². The summed E-state index contributed by atoms with van der Waals surface area (Å²) in [6.07, 6.45) is -3.32. The van der Waals surface area contributed by atoms with Gasteiger partial charge in [0.25, 0.3) is 5.91 Å². The first-order chi connectivity index (χ1) is 14.8. The lowest BCUT2D eigenvalue weighted by molar-refractivity contribution is -0.274. The molecule has 0 spiro atoms. The van der Waals surface area contributed by atoms with Crippen LogP contribution in [0.5, 0.6) is 11.5 Å². The number of carbonyl (C=O) groups excluding carboxylic acids is 1. The Hall–Kier alpha value is -3.34. The number of nitrogens with one attached hydrogen (secondary N) is 1. The van der Waals surface area contributed by atoms with Crippen molar-refractivity contribution in [3.8, 4) is 11.5 Å². The molecule has 4 rings (SSSR count). The molecule has 0 saturated carbocycles. The number of benzene rings is 2. The SMILES string of the molecule is O=C(Nc1ccc(OC(F)(F)F)cc1)c1cccc2c1OCCN2c1ncc(CF)s1. The van der Waals surface area contributed by atoms with Crippen molar-refractivity contribution in [2.75, 3.05) is 23.4 Å². The van der Waals surface area contributed by atoms with Gasteiger partial charge in [0.05, 0.1) is 22.7 Å². The summed E-state index contributed by atoms with van der Waals surface area (Å²) in [7, 11) is 0. The summed E-state index contributed by atoms with van der Waals surface area (Å²) < 4.78 is 59.3. The molecule has 1 aromatic heterocycles. The molecule has 0 atom stereocenters. The van der Waals surface area contributed by atoms with E-state index in [0.717, 1.165) is 12.1 Å². The molecule has 0 radical (unpaired) electrons. The Balaban J connectivity index is 1.55. The molecule has 0 fully saturated rings. The average Bonchev–Trinajstić information content (AvgIpc) is 3.22. The number of rotatable bonds is 5. The number of carbonyl (C=O) groups is 1. The van der Waals surface area contributed by atoms with Crippen molar-refractivity contribution in [2.24, 2.45) is 0 Å². The number of alkyl halides is 4. The number of thiazole rings is 1. The van der Waals surface area contributed by atoms with Crippen LogP contribution in [0.4, 0.5) is 34.1 Å². The van der Waals surface area contributed by atoms with Crippen molar-refractivity contribution < 1.29 is 31.8 Å². The van der Waals surface area contributed by atoms with Crippen LogP contribution in [0.15, 0.2) is 48.7 Å². The first-order valence-corrected chi connectivity index (χ1v) is 9.87. The van der Waals surface area contributed by atoms with Gasteiger partial charge in [-0.15, -0.1) is 13.2 Å². The lowest BCUT2D eigenvalue weighted by Gasteiger charge is -2.30. The van der Waals surface area contributed by atoms with Crippen LogP contribution in [-0.4, -0.2) is 30.4 Å². The second-order valence-corrected chi connectivity index (χ2v) is 7.52. The van der Waals surface area contributed by atoms with Gasteiger partial charge in [0.2, 0.25) is 0 Å². The standard InChI is InChI=1S/C20H15F4N3O3S/c21-10-14-11-25-19(31-14)27-8-9-29-17-15(2-1-3-16(17)27)18(28)26-12-4-6-13(7-5-12)30-20(22,23)24/h1-7,11H,8-10H2,(H,26,28). The predicted molar refractivity (Wildman–Crippen MR) is 107 cm³/mol. The van der Waals surface area contributed by atoms with Gasteiger partial charge in [-0.2, -0.15) is 0 Å². The molecule has 31 heavy (non-hydrogen) atoms. The molecule has 2 heterocycles. The molecule has 2 aromatic carbocycles. The first-order valence-electron chi connectivity index (χ1n) is 9.05. The van der Waals surface area contributed by atoms with Gasteiger partial charge in [-0.25, -0.2) is 9.37 Å². The number of para-hydroxylation sites is 1. The molecule has 11 heteroatoms. The maximum Gasteiger partial charge on any atom is 0.573 e. The molecule has 0 unspecified atom stereocenters. The quantitative estimate of drug-likeness (QED) is 0.532. The lowest BCUT2D eigenvalue weighted by Crippen LogP contribution is -2.30. The van der Waals surface area contributed by atoms with Gasteiger partial charge < -0.3 is 19.7 Å². The van der Waals surface area contributed by atoms with E-state index in [2.05, 4.69) is 15.0 Å². The number of hydrogen-bond acceptors (Lipinski definition) is 6. The first kappa shape index (κ1) is 20.9. The molecular weight excluding hydrogens is 438 g/mol. The smallest absolute Gasteiger partial charge is 0.489 e. The highest BCUT2D eigenvalue weighted by Crippen LogP contribution is 2.40. The van der Waals surface area contributed by atoms with E-state index in [4.69, 9.17) is 4.74 Å². The van der Waals surface area contributed by atoms with Crippen LogP contribution in [0.3, 0.4) is 0 Å². The fraction of sp³-hybridized carbons (Fsp3) is 0.200. The lowest BCUT2D eigenvalue weighted by atomic mass is 10.1. The molecule has 0 saturated heterocycles. The van der Waals surface area contributed by atoms with Crippen LogP contribution >= 0.6 is 11.3 Å². The second kappa shape index (κ2) is 8.42. The third-order valence-corrected chi connectivity index (χ3v) is 5.33. The predicted octanol–water partition coefficient (Wildman–Crippen LogP) is 5.29. The normalized spacial score (nSPS) is 13.4. The fourth-order valence-electron chi connectivity index (χ4n) is 3.05. The van der Waals surface area contributed by atoms with Crippen LogP contribution < -0.4 is 19.7 Å². The number of hydrogen-bond donors (Lipinski definition) is 1. The van der Waals surface area contributed by atoms with Gasteiger partial charge in [0, 0.05) is 11.9 Å². The zero-order chi connectivity index (χ0) is 22.0. The maximum atomic E-state index is 12.9. The third-order valence-electron chi connectivity index (χ3n) is 4.34. The zero-order valence-electron chi connectivity index (χ0n) is 15.8. The molecule has 1 N–H and O–H groups in total. The van der Waals surface area contributed by atoms with E-state index in [9.17, 15) is 22.4 Å². The van der Waals surface area contributed by atoms with Crippen molar-refractivity contribution in [1.29, 1.82) is 0 Å². The summed E-state index contributed by atoms with van der Waals surface area (Å²) in [5.74, 6) is -0.537. The number of fused-ring (bicyclic) bond motifs is 1. The van der Waals surface area contributed by atoms with Crippen molar-refractivity contribution in [2.45, 2.75) is 13.0 Å². The van der Waals surface area contributed by atoms with Crippen LogP contribution in [-0.2, 0) is 6.67 Å². The summed E-state index contributed by atoms with van der Waals surface area (Å²) in [5, 5.41) is 3.22. The summed E-state index contributed by atoms with van der Waals surface area (Å²) in [6, 6.07) is 9.84.